The third-order valence-corrected chi connectivity index (χ3v) is 5.07. The molecule has 0 saturated carbocycles. The van der Waals surface area contributed by atoms with E-state index < -0.39 is 0 Å². The maximum absolute atomic E-state index is 12.5. The summed E-state index contributed by atoms with van der Waals surface area (Å²) >= 11 is 0. The van der Waals surface area contributed by atoms with Crippen LogP contribution in [0.3, 0.4) is 0 Å². The average Bonchev–Trinajstić information content (AvgIpc) is 3.29. The third kappa shape index (κ3) is 3.41. The summed E-state index contributed by atoms with van der Waals surface area (Å²) in [7, 11) is 0. The van der Waals surface area contributed by atoms with Gasteiger partial charge in [-0.25, -0.2) is 4.79 Å². The van der Waals surface area contributed by atoms with Crippen LogP contribution in [0.2, 0.25) is 0 Å². The van der Waals surface area contributed by atoms with Crippen LogP contribution in [0.5, 0.6) is 0 Å². The van der Waals surface area contributed by atoms with Crippen molar-refractivity contribution in [3.63, 3.8) is 0 Å². The van der Waals surface area contributed by atoms with Gasteiger partial charge in [0.25, 0.3) is 0 Å². The number of amides is 2. The minimum Gasteiger partial charge on any atom is -0.371 e. The van der Waals surface area contributed by atoms with Gasteiger partial charge in [-0.05, 0) is 43.9 Å². The van der Waals surface area contributed by atoms with Gasteiger partial charge in [0.05, 0.1) is 12.1 Å². The molecule has 1 saturated heterocycles. The first-order chi connectivity index (χ1) is 12.7. The largest absolute Gasteiger partial charge is 0.371 e. The second-order valence-electron chi connectivity index (χ2n) is 6.89. The van der Waals surface area contributed by atoms with Gasteiger partial charge in [-0.2, -0.15) is 0 Å². The first kappa shape index (κ1) is 17.0. The Balaban J connectivity index is 1.38. The molecule has 2 aliphatic rings. The van der Waals surface area contributed by atoms with E-state index in [4.69, 9.17) is 4.74 Å². The van der Waals surface area contributed by atoms with E-state index in [1.54, 1.807) is 12.4 Å². The summed E-state index contributed by atoms with van der Waals surface area (Å²) in [5.41, 5.74) is 1.03. The molecule has 4 rings (SSSR count). The van der Waals surface area contributed by atoms with Crippen LogP contribution < -0.4 is 10.6 Å². The number of pyridine rings is 1. The van der Waals surface area contributed by atoms with Gasteiger partial charge in [0, 0.05) is 32.0 Å². The lowest BCUT2D eigenvalue weighted by Gasteiger charge is -2.22. The molecule has 0 radical (unpaired) electrons. The van der Waals surface area contributed by atoms with Gasteiger partial charge in [0.15, 0.2) is 5.82 Å². The molecule has 2 amide bonds. The van der Waals surface area contributed by atoms with E-state index in [0.29, 0.717) is 6.61 Å². The average molecular weight is 356 g/mol. The quantitative estimate of drug-likeness (QED) is 0.873. The van der Waals surface area contributed by atoms with Crippen LogP contribution in [0.4, 0.5) is 4.79 Å². The number of hydrogen-bond acceptors (Lipinski definition) is 5. The van der Waals surface area contributed by atoms with Crippen LogP contribution in [0.1, 0.15) is 55.5 Å². The monoisotopic (exact) mass is 356 g/mol. The van der Waals surface area contributed by atoms with Crippen molar-refractivity contribution >= 4 is 6.03 Å². The predicted octanol–water partition coefficient (Wildman–Crippen LogP) is 1.90. The van der Waals surface area contributed by atoms with E-state index >= 15 is 0 Å². The molecule has 0 bridgehead atoms. The van der Waals surface area contributed by atoms with E-state index in [0.717, 1.165) is 49.4 Å². The first-order valence-corrected chi connectivity index (χ1v) is 9.23. The number of nitrogens with one attached hydrogen (secondary N) is 2. The molecule has 8 nitrogen and oxygen atoms in total. The molecule has 0 aromatic carbocycles. The maximum Gasteiger partial charge on any atom is 0.315 e. The highest BCUT2D eigenvalue weighted by Crippen LogP contribution is 2.28. The van der Waals surface area contributed by atoms with Crippen LogP contribution in [-0.2, 0) is 17.7 Å². The highest BCUT2D eigenvalue weighted by atomic mass is 16.5. The zero-order valence-electron chi connectivity index (χ0n) is 14.9. The van der Waals surface area contributed by atoms with Crippen molar-refractivity contribution < 1.29 is 9.53 Å². The van der Waals surface area contributed by atoms with E-state index in [1.165, 1.54) is 0 Å². The molecule has 2 aliphatic heterocycles. The van der Waals surface area contributed by atoms with Crippen molar-refractivity contribution in [1.82, 2.24) is 30.4 Å². The van der Waals surface area contributed by atoms with Crippen molar-refractivity contribution in [2.45, 2.75) is 57.3 Å². The summed E-state index contributed by atoms with van der Waals surface area (Å²) in [6.45, 7) is 3.49. The van der Waals surface area contributed by atoms with E-state index in [2.05, 4.69) is 30.4 Å². The van der Waals surface area contributed by atoms with Crippen molar-refractivity contribution in [2.75, 3.05) is 6.61 Å². The number of hydrogen-bond donors (Lipinski definition) is 2. The van der Waals surface area contributed by atoms with Crippen LogP contribution in [0, 0.1) is 0 Å². The Morgan fingerprint density at radius 1 is 1.31 bits per heavy atom. The van der Waals surface area contributed by atoms with Crippen molar-refractivity contribution in [2.24, 2.45) is 0 Å². The molecule has 0 spiro atoms. The number of rotatable bonds is 4. The Morgan fingerprint density at radius 2 is 2.15 bits per heavy atom. The lowest BCUT2D eigenvalue weighted by molar-refractivity contribution is 0.0997. The Bertz CT molecular complexity index is 762. The van der Waals surface area contributed by atoms with Gasteiger partial charge >= 0.3 is 6.03 Å². The molecule has 2 N–H and O–H groups in total. The smallest absolute Gasteiger partial charge is 0.315 e. The summed E-state index contributed by atoms with van der Waals surface area (Å²) in [6.07, 6.45) is 7.37. The van der Waals surface area contributed by atoms with Crippen LogP contribution in [-0.4, -0.2) is 38.4 Å². The normalized spacial score (nSPS) is 23.3. The standard InChI is InChI=1S/C18H24N6O2/c1-12(17-23-22-15-4-2-3-10-24(15)17)20-18(25)21-14-7-11-26-16(14)13-5-8-19-9-6-13/h5-6,8-9,12,14,16H,2-4,7,10-11H2,1H3,(H2,20,21,25)/t12?,14-,16+/m1/s1. The summed E-state index contributed by atoms with van der Waals surface area (Å²) in [4.78, 5) is 16.5. The SMILES string of the molecule is CC(NC(=O)N[C@@H]1CCO[C@H]1c1ccncc1)c1nnc2n1CCCC2. The van der Waals surface area contributed by atoms with E-state index in [-0.39, 0.29) is 24.2 Å². The molecule has 4 heterocycles. The van der Waals surface area contributed by atoms with Crippen molar-refractivity contribution in [3.05, 3.63) is 41.7 Å². The summed E-state index contributed by atoms with van der Waals surface area (Å²) in [5, 5.41) is 14.6. The van der Waals surface area contributed by atoms with Crippen LogP contribution >= 0.6 is 0 Å². The van der Waals surface area contributed by atoms with E-state index in [9.17, 15) is 4.79 Å². The fourth-order valence-electron chi connectivity index (χ4n) is 3.74. The minimum atomic E-state index is -0.208. The Morgan fingerprint density at radius 3 is 3.00 bits per heavy atom. The number of urea groups is 1. The van der Waals surface area contributed by atoms with Gasteiger partial charge < -0.3 is 19.9 Å². The second kappa shape index (κ2) is 7.41. The van der Waals surface area contributed by atoms with Crippen molar-refractivity contribution in [1.29, 1.82) is 0 Å². The maximum atomic E-state index is 12.5. The van der Waals surface area contributed by atoms with Gasteiger partial charge in [-0.3, -0.25) is 4.98 Å². The first-order valence-electron chi connectivity index (χ1n) is 9.23. The van der Waals surface area contributed by atoms with Crippen molar-refractivity contribution in [3.8, 4) is 0 Å². The Kier molecular flexibility index (Phi) is 4.83. The third-order valence-electron chi connectivity index (χ3n) is 5.07. The molecular weight excluding hydrogens is 332 g/mol. The molecule has 2 aromatic heterocycles. The zero-order chi connectivity index (χ0) is 17.9. The lowest BCUT2D eigenvalue weighted by atomic mass is 10.0. The van der Waals surface area contributed by atoms with Crippen LogP contribution in [0.25, 0.3) is 0 Å². The highest BCUT2D eigenvalue weighted by Gasteiger charge is 2.31. The predicted molar refractivity (Wildman–Crippen MR) is 94.4 cm³/mol. The number of aromatic nitrogens is 4. The molecule has 3 atom stereocenters. The molecule has 1 fully saturated rings. The Hall–Kier alpha value is -2.48. The number of nitrogens with zero attached hydrogens (tertiary/aromatic N) is 4. The van der Waals surface area contributed by atoms with Gasteiger partial charge in [-0.15, -0.1) is 10.2 Å². The lowest BCUT2D eigenvalue weighted by Crippen LogP contribution is -2.44. The fourth-order valence-corrected chi connectivity index (χ4v) is 3.74. The minimum absolute atomic E-state index is 0.0584. The topological polar surface area (TPSA) is 94.0 Å². The molecule has 2 aromatic rings. The molecule has 8 heteroatoms. The summed E-state index contributed by atoms with van der Waals surface area (Å²) in [5.74, 6) is 1.84. The summed E-state index contributed by atoms with van der Waals surface area (Å²) < 4.78 is 7.94. The molecule has 0 aliphatic carbocycles. The molecule has 1 unspecified atom stereocenters. The van der Waals surface area contributed by atoms with Gasteiger partial charge in [-0.1, -0.05) is 0 Å². The highest BCUT2D eigenvalue weighted by molar-refractivity contribution is 5.74. The molecular formula is C18H24N6O2. The van der Waals surface area contributed by atoms with E-state index in [1.807, 2.05) is 19.1 Å². The fraction of sp³-hybridized carbons (Fsp3) is 0.556. The second-order valence-corrected chi connectivity index (χ2v) is 6.89. The van der Waals surface area contributed by atoms with Crippen LogP contribution in [0.15, 0.2) is 24.5 Å². The summed E-state index contributed by atoms with van der Waals surface area (Å²) in [6, 6.07) is 3.38. The zero-order valence-corrected chi connectivity index (χ0v) is 14.9. The van der Waals surface area contributed by atoms with Gasteiger partial charge in [0.1, 0.15) is 11.9 Å². The number of aryl methyl sites for hydroxylation is 1. The Labute approximate surface area is 152 Å². The number of ether oxygens (including phenoxy) is 1. The van der Waals surface area contributed by atoms with Gasteiger partial charge in [0.2, 0.25) is 0 Å². The molecule has 138 valence electrons. The number of carbonyl (C=O) groups is 1. The number of fused-ring (bicyclic) bond motifs is 1. The molecule has 26 heavy (non-hydrogen) atoms. The number of carbonyl (C=O) groups excluding carboxylic acids is 1.